The van der Waals surface area contributed by atoms with Crippen molar-refractivity contribution in [3.8, 4) is 5.69 Å². The second-order valence-electron chi connectivity index (χ2n) is 6.86. The molecule has 31 heavy (non-hydrogen) atoms. The van der Waals surface area contributed by atoms with E-state index in [1.165, 1.54) is 0 Å². The third-order valence-electron chi connectivity index (χ3n) is 4.80. The van der Waals surface area contributed by atoms with Crippen molar-refractivity contribution in [2.24, 2.45) is 0 Å². The smallest absolute Gasteiger partial charge is 0.272 e. The lowest BCUT2D eigenvalue weighted by Gasteiger charge is -2.15. The Bertz CT molecular complexity index is 1280. The van der Waals surface area contributed by atoms with E-state index in [0.717, 1.165) is 20.9 Å². The van der Waals surface area contributed by atoms with Gasteiger partial charge in [0.15, 0.2) is 4.77 Å². The Morgan fingerprint density at radius 2 is 1.45 bits per heavy atom. The van der Waals surface area contributed by atoms with E-state index in [9.17, 15) is 26.3 Å². The molecule has 0 bridgehead atoms. The standard InChI is InChI=1S/C21H13F6N3S/c22-20(23,24)14-9-15(21(25,26)27)11-16(10-14)30-18(28-29-19(30)31)8-13-6-3-5-12-4-1-2-7-17(12)13/h1-7,9-11H,8H2,(H,29,31). The second-order valence-corrected chi connectivity index (χ2v) is 7.25. The monoisotopic (exact) mass is 453 g/mol. The van der Waals surface area contributed by atoms with Gasteiger partial charge in [0.2, 0.25) is 0 Å². The summed E-state index contributed by atoms with van der Waals surface area (Å²) in [6.07, 6.45) is -9.78. The van der Waals surface area contributed by atoms with Gasteiger partial charge in [-0.1, -0.05) is 42.5 Å². The molecular formula is C21H13F6N3S. The number of fused-ring (bicyclic) bond motifs is 1. The Kier molecular flexibility index (Phi) is 5.12. The zero-order valence-electron chi connectivity index (χ0n) is 15.6. The Balaban J connectivity index is 1.87. The lowest BCUT2D eigenvalue weighted by molar-refractivity contribution is -0.143. The van der Waals surface area contributed by atoms with Crippen LogP contribution in [0, 0.1) is 4.77 Å². The average molecular weight is 453 g/mol. The van der Waals surface area contributed by atoms with E-state index in [1.54, 1.807) is 0 Å². The number of rotatable bonds is 3. The first-order chi connectivity index (χ1) is 14.5. The molecule has 0 radical (unpaired) electrons. The van der Waals surface area contributed by atoms with Gasteiger partial charge in [0, 0.05) is 6.42 Å². The van der Waals surface area contributed by atoms with Gasteiger partial charge in [-0.3, -0.25) is 9.67 Å². The van der Waals surface area contributed by atoms with E-state index in [1.807, 2.05) is 42.5 Å². The van der Waals surface area contributed by atoms with Crippen LogP contribution < -0.4 is 0 Å². The highest BCUT2D eigenvalue weighted by Gasteiger charge is 2.37. The van der Waals surface area contributed by atoms with Crippen molar-refractivity contribution in [3.05, 3.63) is 87.9 Å². The molecule has 0 atom stereocenters. The molecule has 0 aliphatic carbocycles. The van der Waals surface area contributed by atoms with Crippen LogP contribution in [0.5, 0.6) is 0 Å². The van der Waals surface area contributed by atoms with Crippen molar-refractivity contribution in [1.29, 1.82) is 0 Å². The Hall–Kier alpha value is -3.14. The number of H-pyrrole nitrogens is 1. The summed E-state index contributed by atoms with van der Waals surface area (Å²) < 4.78 is 80.6. The predicted molar refractivity (Wildman–Crippen MR) is 106 cm³/mol. The Labute approximate surface area is 177 Å². The summed E-state index contributed by atoms with van der Waals surface area (Å²) in [6.45, 7) is 0. The van der Waals surface area contributed by atoms with Gasteiger partial charge in [-0.05, 0) is 46.8 Å². The first-order valence-corrected chi connectivity index (χ1v) is 9.37. The Morgan fingerprint density at radius 3 is 2.10 bits per heavy atom. The zero-order chi connectivity index (χ0) is 22.4. The number of benzene rings is 3. The van der Waals surface area contributed by atoms with Crippen LogP contribution in [0.2, 0.25) is 0 Å². The predicted octanol–water partition coefficient (Wildman–Crippen LogP) is 6.71. The van der Waals surface area contributed by atoms with Crippen molar-refractivity contribution in [2.45, 2.75) is 18.8 Å². The van der Waals surface area contributed by atoms with E-state index in [4.69, 9.17) is 12.2 Å². The van der Waals surface area contributed by atoms with Crippen LogP contribution in [0.4, 0.5) is 26.3 Å². The van der Waals surface area contributed by atoms with Crippen molar-refractivity contribution >= 4 is 23.0 Å². The quantitative estimate of drug-likeness (QED) is 0.276. The fourth-order valence-corrected chi connectivity index (χ4v) is 3.66. The van der Waals surface area contributed by atoms with Crippen LogP contribution in [0.25, 0.3) is 16.5 Å². The molecule has 3 aromatic carbocycles. The molecule has 0 aliphatic heterocycles. The van der Waals surface area contributed by atoms with E-state index < -0.39 is 23.5 Å². The molecule has 4 rings (SSSR count). The first-order valence-electron chi connectivity index (χ1n) is 8.97. The molecule has 0 fully saturated rings. The lowest BCUT2D eigenvalue weighted by Crippen LogP contribution is -2.13. The van der Waals surface area contributed by atoms with Crippen LogP contribution in [0.3, 0.4) is 0 Å². The number of hydrogen-bond acceptors (Lipinski definition) is 2. The van der Waals surface area contributed by atoms with Crippen LogP contribution in [-0.4, -0.2) is 14.8 Å². The molecule has 10 heteroatoms. The van der Waals surface area contributed by atoms with Gasteiger partial charge in [-0.15, -0.1) is 0 Å². The maximum atomic E-state index is 13.3. The van der Waals surface area contributed by atoms with E-state index in [-0.39, 0.29) is 28.8 Å². The summed E-state index contributed by atoms with van der Waals surface area (Å²) in [4.78, 5) is 0. The van der Waals surface area contributed by atoms with Gasteiger partial charge >= 0.3 is 12.4 Å². The van der Waals surface area contributed by atoms with Gasteiger partial charge in [-0.2, -0.15) is 31.4 Å². The minimum Gasteiger partial charge on any atom is -0.272 e. The van der Waals surface area contributed by atoms with Crippen LogP contribution in [-0.2, 0) is 18.8 Å². The number of nitrogens with zero attached hydrogens (tertiary/aromatic N) is 2. The SMILES string of the molecule is FC(F)(F)c1cc(-n2c(Cc3cccc4ccccc34)n[nH]c2=S)cc(C(F)(F)F)c1. The maximum Gasteiger partial charge on any atom is 0.416 e. The van der Waals surface area contributed by atoms with Gasteiger partial charge in [-0.25, -0.2) is 0 Å². The highest BCUT2D eigenvalue weighted by molar-refractivity contribution is 7.71. The number of aromatic amines is 1. The van der Waals surface area contributed by atoms with Crippen molar-refractivity contribution in [1.82, 2.24) is 14.8 Å². The third-order valence-corrected chi connectivity index (χ3v) is 5.07. The van der Waals surface area contributed by atoms with E-state index in [0.29, 0.717) is 12.1 Å². The molecule has 0 amide bonds. The minimum absolute atomic E-state index is 0.0809. The Morgan fingerprint density at radius 1 is 0.839 bits per heavy atom. The van der Waals surface area contributed by atoms with E-state index >= 15 is 0 Å². The highest BCUT2D eigenvalue weighted by Crippen LogP contribution is 2.37. The molecule has 1 N–H and O–H groups in total. The average Bonchev–Trinajstić information content (AvgIpc) is 3.06. The topological polar surface area (TPSA) is 33.6 Å². The molecular weight excluding hydrogens is 440 g/mol. The molecule has 1 aromatic heterocycles. The maximum absolute atomic E-state index is 13.3. The second kappa shape index (κ2) is 7.52. The van der Waals surface area contributed by atoms with E-state index in [2.05, 4.69) is 10.2 Å². The van der Waals surface area contributed by atoms with Gasteiger partial charge in [0.05, 0.1) is 16.8 Å². The van der Waals surface area contributed by atoms with Gasteiger partial charge in [0.25, 0.3) is 0 Å². The van der Waals surface area contributed by atoms with Crippen LogP contribution >= 0.6 is 12.2 Å². The molecule has 0 unspecified atom stereocenters. The third kappa shape index (κ3) is 4.20. The first kappa shape index (κ1) is 21.1. The fourth-order valence-electron chi connectivity index (χ4n) is 3.40. The summed E-state index contributed by atoms with van der Waals surface area (Å²) in [5.41, 5.74) is -2.40. The largest absolute Gasteiger partial charge is 0.416 e. The molecule has 160 valence electrons. The summed E-state index contributed by atoms with van der Waals surface area (Å²) in [7, 11) is 0. The normalized spacial score (nSPS) is 12.5. The van der Waals surface area contributed by atoms with Crippen LogP contribution in [0.15, 0.2) is 60.7 Å². The van der Waals surface area contributed by atoms with Gasteiger partial charge < -0.3 is 0 Å². The minimum atomic E-state index is -4.96. The van der Waals surface area contributed by atoms with Crippen molar-refractivity contribution in [3.63, 3.8) is 0 Å². The zero-order valence-corrected chi connectivity index (χ0v) is 16.4. The summed E-state index contributed by atoms with van der Waals surface area (Å²) in [6, 6.07) is 14.4. The molecule has 0 saturated heterocycles. The molecule has 0 aliphatic rings. The summed E-state index contributed by atoms with van der Waals surface area (Å²) >= 11 is 5.12. The number of halogens is 6. The highest BCUT2D eigenvalue weighted by atomic mass is 32.1. The summed E-state index contributed by atoms with van der Waals surface area (Å²) in [5.74, 6) is 0.189. The van der Waals surface area contributed by atoms with Crippen molar-refractivity contribution < 1.29 is 26.3 Å². The van der Waals surface area contributed by atoms with Crippen molar-refractivity contribution in [2.75, 3.05) is 0 Å². The molecule has 0 spiro atoms. The van der Waals surface area contributed by atoms with Gasteiger partial charge in [0.1, 0.15) is 5.82 Å². The molecule has 3 nitrogen and oxygen atoms in total. The number of alkyl halides is 6. The summed E-state index contributed by atoms with van der Waals surface area (Å²) in [5, 5.41) is 8.37. The number of hydrogen-bond donors (Lipinski definition) is 1. The van der Waals surface area contributed by atoms with Crippen LogP contribution in [0.1, 0.15) is 22.5 Å². The fraction of sp³-hybridized carbons (Fsp3) is 0.143. The number of aromatic nitrogens is 3. The lowest BCUT2D eigenvalue weighted by atomic mass is 10.0. The molecule has 0 saturated carbocycles. The number of nitrogens with one attached hydrogen (secondary N) is 1. The molecule has 4 aromatic rings. The molecule has 1 heterocycles.